The van der Waals surface area contributed by atoms with Crippen molar-refractivity contribution in [2.24, 2.45) is 0 Å². The van der Waals surface area contributed by atoms with Crippen molar-refractivity contribution < 1.29 is 14.1 Å². The lowest BCUT2D eigenvalue weighted by Gasteiger charge is -2.19. The van der Waals surface area contributed by atoms with E-state index in [0.717, 1.165) is 30.1 Å². The fraction of sp³-hybridized carbons (Fsp3) is 0.417. The van der Waals surface area contributed by atoms with Gasteiger partial charge in [0.25, 0.3) is 5.91 Å². The minimum Gasteiger partial charge on any atom is -0.338 e. The van der Waals surface area contributed by atoms with Crippen LogP contribution in [0.3, 0.4) is 0 Å². The van der Waals surface area contributed by atoms with E-state index in [1.54, 1.807) is 16.7 Å². The Morgan fingerprint density at radius 2 is 2.16 bits per heavy atom. The van der Waals surface area contributed by atoms with Crippen LogP contribution in [0.15, 0.2) is 18.2 Å². The lowest BCUT2D eigenvalue weighted by Crippen LogP contribution is -2.32. The summed E-state index contributed by atoms with van der Waals surface area (Å²) in [7, 11) is 0. The molecule has 0 saturated carbocycles. The van der Waals surface area contributed by atoms with Crippen molar-refractivity contribution in [3.05, 3.63) is 39.7 Å². The number of nitro groups is 1. The minimum atomic E-state index is -0.923. The smallest absolute Gasteiger partial charge is 0.305 e. The average molecular weight is 284 g/mol. The number of carbonyl (C=O) groups is 1. The Morgan fingerprint density at radius 1 is 1.37 bits per heavy atom. The highest BCUT2D eigenvalue weighted by molar-refractivity contribution is 7.99. The Bertz CT molecular complexity index is 502. The molecule has 0 radical (unpaired) electrons. The van der Waals surface area contributed by atoms with E-state index >= 15 is 0 Å². The molecular weight excluding hydrogens is 271 g/mol. The molecule has 1 aromatic carbocycles. The summed E-state index contributed by atoms with van der Waals surface area (Å²) in [6.07, 6.45) is 0.902. The van der Waals surface area contributed by atoms with E-state index in [2.05, 4.69) is 0 Å². The summed E-state index contributed by atoms with van der Waals surface area (Å²) in [5.41, 5.74) is -0.491. The molecule has 1 heterocycles. The van der Waals surface area contributed by atoms with Gasteiger partial charge in [0.15, 0.2) is 0 Å². The number of benzene rings is 1. The number of amides is 1. The summed E-state index contributed by atoms with van der Waals surface area (Å²) in [6.45, 7) is 1.26. The molecule has 19 heavy (non-hydrogen) atoms. The molecule has 0 N–H and O–H groups in total. The molecule has 5 nitrogen and oxygen atoms in total. The normalized spacial score (nSPS) is 15.9. The van der Waals surface area contributed by atoms with Crippen molar-refractivity contribution >= 4 is 23.4 Å². The number of nitro benzene ring substituents is 1. The van der Waals surface area contributed by atoms with Crippen molar-refractivity contribution in [1.29, 1.82) is 0 Å². The van der Waals surface area contributed by atoms with Gasteiger partial charge in [0.1, 0.15) is 0 Å². The second-order valence-electron chi connectivity index (χ2n) is 4.18. The van der Waals surface area contributed by atoms with Crippen LogP contribution in [0, 0.1) is 15.9 Å². The molecule has 2 rings (SSSR count). The number of halogens is 1. The van der Waals surface area contributed by atoms with Crippen molar-refractivity contribution in [3.63, 3.8) is 0 Å². The Morgan fingerprint density at radius 3 is 2.89 bits per heavy atom. The zero-order valence-corrected chi connectivity index (χ0v) is 11.0. The third kappa shape index (κ3) is 3.23. The number of thioether (sulfide) groups is 1. The minimum absolute atomic E-state index is 0.167. The largest absolute Gasteiger partial charge is 0.338 e. The molecule has 1 fully saturated rings. The second kappa shape index (κ2) is 6.01. The van der Waals surface area contributed by atoms with Crippen LogP contribution < -0.4 is 0 Å². The molecule has 0 atom stereocenters. The first-order valence-corrected chi connectivity index (χ1v) is 7.06. The molecule has 1 aromatic rings. The molecule has 102 valence electrons. The fourth-order valence-electron chi connectivity index (χ4n) is 1.92. The van der Waals surface area contributed by atoms with Gasteiger partial charge >= 0.3 is 5.69 Å². The number of hydrogen-bond donors (Lipinski definition) is 0. The maximum atomic E-state index is 13.2. The predicted octanol–water partition coefficient (Wildman–Crippen LogP) is 2.31. The molecule has 0 unspecified atom stereocenters. The summed E-state index contributed by atoms with van der Waals surface area (Å²) < 4.78 is 13.2. The standard InChI is InChI=1S/C12H13FN2O3S/c13-10-3-2-9(8-11(10)15(17)18)12(16)14-4-1-6-19-7-5-14/h2-3,8H,1,4-7H2. The van der Waals surface area contributed by atoms with Crippen LogP contribution in [0.2, 0.25) is 0 Å². The summed E-state index contributed by atoms with van der Waals surface area (Å²) in [4.78, 5) is 23.7. The first kappa shape index (κ1) is 13.8. The summed E-state index contributed by atoms with van der Waals surface area (Å²) in [5.74, 6) is 0.668. The number of carbonyl (C=O) groups excluding carboxylic acids is 1. The van der Waals surface area contributed by atoms with Crippen molar-refractivity contribution in [1.82, 2.24) is 4.90 Å². The molecule has 0 aromatic heterocycles. The maximum Gasteiger partial charge on any atom is 0.305 e. The highest BCUT2D eigenvalue weighted by atomic mass is 32.2. The van der Waals surface area contributed by atoms with E-state index < -0.39 is 16.4 Å². The van der Waals surface area contributed by atoms with E-state index in [1.165, 1.54) is 6.07 Å². The van der Waals surface area contributed by atoms with Crippen LogP contribution in [-0.2, 0) is 0 Å². The second-order valence-corrected chi connectivity index (χ2v) is 5.41. The quantitative estimate of drug-likeness (QED) is 0.617. The molecule has 0 spiro atoms. The van der Waals surface area contributed by atoms with Crippen LogP contribution in [0.4, 0.5) is 10.1 Å². The molecule has 0 bridgehead atoms. The lowest BCUT2D eigenvalue weighted by molar-refractivity contribution is -0.387. The van der Waals surface area contributed by atoms with Gasteiger partial charge in [-0.15, -0.1) is 0 Å². The number of hydrogen-bond acceptors (Lipinski definition) is 4. The number of rotatable bonds is 2. The van der Waals surface area contributed by atoms with Gasteiger partial charge in [0.2, 0.25) is 5.82 Å². The van der Waals surface area contributed by atoms with Crippen LogP contribution in [-0.4, -0.2) is 40.3 Å². The zero-order chi connectivity index (χ0) is 13.8. The van der Waals surface area contributed by atoms with Gasteiger partial charge in [-0.25, -0.2) is 0 Å². The van der Waals surface area contributed by atoms with E-state index in [9.17, 15) is 19.3 Å². The lowest BCUT2D eigenvalue weighted by atomic mass is 10.1. The molecular formula is C12H13FN2O3S. The van der Waals surface area contributed by atoms with Gasteiger partial charge in [0.05, 0.1) is 4.92 Å². The highest BCUT2D eigenvalue weighted by Crippen LogP contribution is 2.20. The van der Waals surface area contributed by atoms with Gasteiger partial charge in [-0.3, -0.25) is 14.9 Å². The molecule has 7 heteroatoms. The van der Waals surface area contributed by atoms with E-state index in [0.29, 0.717) is 13.1 Å². The van der Waals surface area contributed by atoms with Crippen LogP contribution in [0.5, 0.6) is 0 Å². The van der Waals surface area contributed by atoms with Gasteiger partial charge < -0.3 is 4.90 Å². The van der Waals surface area contributed by atoms with Crippen LogP contribution in [0.1, 0.15) is 16.8 Å². The topological polar surface area (TPSA) is 63.4 Å². The van der Waals surface area contributed by atoms with E-state index in [4.69, 9.17) is 0 Å². The first-order valence-electron chi connectivity index (χ1n) is 5.90. The van der Waals surface area contributed by atoms with Crippen LogP contribution >= 0.6 is 11.8 Å². The molecule has 0 aliphatic carbocycles. The fourth-order valence-corrected chi connectivity index (χ4v) is 2.80. The average Bonchev–Trinajstić information content (AvgIpc) is 2.67. The zero-order valence-electron chi connectivity index (χ0n) is 10.2. The Hall–Kier alpha value is -1.63. The molecule has 1 aliphatic heterocycles. The molecule has 1 amide bonds. The number of nitrogens with zero attached hydrogens (tertiary/aromatic N) is 2. The molecule has 1 aliphatic rings. The monoisotopic (exact) mass is 284 g/mol. The van der Waals surface area contributed by atoms with Gasteiger partial charge in [-0.05, 0) is 24.3 Å². The highest BCUT2D eigenvalue weighted by Gasteiger charge is 2.21. The third-order valence-electron chi connectivity index (χ3n) is 2.90. The maximum absolute atomic E-state index is 13.2. The summed E-state index contributed by atoms with van der Waals surface area (Å²) in [6, 6.07) is 3.27. The summed E-state index contributed by atoms with van der Waals surface area (Å²) >= 11 is 1.78. The van der Waals surface area contributed by atoms with Crippen molar-refractivity contribution in [2.75, 3.05) is 24.6 Å². The summed E-state index contributed by atoms with van der Waals surface area (Å²) in [5, 5.41) is 10.7. The van der Waals surface area contributed by atoms with Gasteiger partial charge in [-0.1, -0.05) is 0 Å². The van der Waals surface area contributed by atoms with Gasteiger partial charge in [-0.2, -0.15) is 16.2 Å². The van der Waals surface area contributed by atoms with E-state index in [1.807, 2.05) is 0 Å². The Kier molecular flexibility index (Phi) is 4.36. The van der Waals surface area contributed by atoms with E-state index in [-0.39, 0.29) is 11.5 Å². The van der Waals surface area contributed by atoms with Crippen molar-refractivity contribution in [3.8, 4) is 0 Å². The third-order valence-corrected chi connectivity index (χ3v) is 3.95. The van der Waals surface area contributed by atoms with Crippen LogP contribution in [0.25, 0.3) is 0 Å². The predicted molar refractivity (Wildman–Crippen MR) is 70.9 cm³/mol. The Labute approximate surface area is 113 Å². The molecule has 1 saturated heterocycles. The van der Waals surface area contributed by atoms with Crippen molar-refractivity contribution in [2.45, 2.75) is 6.42 Å². The SMILES string of the molecule is O=C(c1ccc(F)c([N+](=O)[O-])c1)N1CCCSCC1. The Balaban J connectivity index is 2.23. The first-order chi connectivity index (χ1) is 9.09. The van der Waals surface area contributed by atoms with Gasteiger partial charge in [0, 0.05) is 30.5 Å².